The molecule has 0 aliphatic carbocycles. The number of amidine groups is 1. The largest absolute Gasteiger partial charge is 0.409 e. The van der Waals surface area contributed by atoms with Gasteiger partial charge in [0.05, 0.1) is 5.56 Å². The van der Waals surface area contributed by atoms with Gasteiger partial charge in [0.15, 0.2) is 5.84 Å². The van der Waals surface area contributed by atoms with Gasteiger partial charge in [0, 0.05) is 10.6 Å². The zero-order valence-electron chi connectivity index (χ0n) is 12.6. The Morgan fingerprint density at radius 2 is 1.86 bits per heavy atom. The molecular formula is C16H19N3OS. The van der Waals surface area contributed by atoms with Crippen LogP contribution >= 0.6 is 11.8 Å². The van der Waals surface area contributed by atoms with E-state index in [1.165, 1.54) is 22.9 Å². The van der Waals surface area contributed by atoms with Crippen LogP contribution in [0.2, 0.25) is 0 Å². The van der Waals surface area contributed by atoms with E-state index in [4.69, 9.17) is 10.9 Å². The SMILES string of the molecule is Cc1ccc(Sc2nc(C)cc(C)c2C(N)=NO)c(C)c1. The molecule has 5 heteroatoms. The summed E-state index contributed by atoms with van der Waals surface area (Å²) in [5.41, 5.74) is 10.8. The minimum absolute atomic E-state index is 0.0901. The zero-order chi connectivity index (χ0) is 15.6. The number of aryl methyl sites for hydroxylation is 4. The second kappa shape index (κ2) is 6.18. The van der Waals surface area contributed by atoms with Crippen molar-refractivity contribution in [2.75, 3.05) is 0 Å². The first-order chi connectivity index (χ1) is 9.92. The summed E-state index contributed by atoms with van der Waals surface area (Å²) < 4.78 is 0. The van der Waals surface area contributed by atoms with Gasteiger partial charge in [-0.3, -0.25) is 0 Å². The summed E-state index contributed by atoms with van der Waals surface area (Å²) in [4.78, 5) is 5.67. The lowest BCUT2D eigenvalue weighted by Crippen LogP contribution is -2.17. The lowest BCUT2D eigenvalue weighted by molar-refractivity contribution is 0.318. The molecule has 0 unspecified atom stereocenters. The van der Waals surface area contributed by atoms with E-state index >= 15 is 0 Å². The topological polar surface area (TPSA) is 71.5 Å². The maximum absolute atomic E-state index is 8.99. The van der Waals surface area contributed by atoms with E-state index < -0.39 is 0 Å². The summed E-state index contributed by atoms with van der Waals surface area (Å²) >= 11 is 1.54. The summed E-state index contributed by atoms with van der Waals surface area (Å²) in [6, 6.07) is 8.21. The molecule has 1 aromatic heterocycles. The number of rotatable bonds is 3. The molecule has 0 saturated heterocycles. The molecule has 0 atom stereocenters. The third kappa shape index (κ3) is 3.36. The van der Waals surface area contributed by atoms with E-state index in [1.807, 2.05) is 19.9 Å². The average Bonchev–Trinajstić information content (AvgIpc) is 2.40. The van der Waals surface area contributed by atoms with Crippen molar-refractivity contribution in [3.63, 3.8) is 0 Å². The van der Waals surface area contributed by atoms with Crippen LogP contribution in [0.1, 0.15) is 27.9 Å². The summed E-state index contributed by atoms with van der Waals surface area (Å²) in [5, 5.41) is 12.9. The molecule has 2 rings (SSSR count). The minimum atomic E-state index is 0.0901. The van der Waals surface area contributed by atoms with Crippen LogP contribution in [-0.2, 0) is 0 Å². The van der Waals surface area contributed by atoms with Crippen LogP contribution in [0.4, 0.5) is 0 Å². The zero-order valence-corrected chi connectivity index (χ0v) is 13.5. The minimum Gasteiger partial charge on any atom is -0.409 e. The molecule has 1 aromatic carbocycles. The maximum Gasteiger partial charge on any atom is 0.173 e. The lowest BCUT2D eigenvalue weighted by atomic mass is 10.1. The van der Waals surface area contributed by atoms with Gasteiger partial charge in [0.2, 0.25) is 0 Å². The van der Waals surface area contributed by atoms with Gasteiger partial charge < -0.3 is 10.9 Å². The normalized spacial score (nSPS) is 11.7. The molecule has 2 aromatic rings. The van der Waals surface area contributed by atoms with Crippen LogP contribution in [0, 0.1) is 27.7 Å². The highest BCUT2D eigenvalue weighted by Gasteiger charge is 2.15. The highest BCUT2D eigenvalue weighted by molar-refractivity contribution is 7.99. The van der Waals surface area contributed by atoms with Gasteiger partial charge in [-0.25, -0.2) is 4.98 Å². The molecule has 0 amide bonds. The van der Waals surface area contributed by atoms with Crippen molar-refractivity contribution in [3.8, 4) is 0 Å². The van der Waals surface area contributed by atoms with Gasteiger partial charge in [-0.2, -0.15) is 0 Å². The van der Waals surface area contributed by atoms with E-state index in [-0.39, 0.29) is 5.84 Å². The highest BCUT2D eigenvalue weighted by atomic mass is 32.2. The second-order valence-corrected chi connectivity index (χ2v) is 6.15. The van der Waals surface area contributed by atoms with Crippen LogP contribution in [0.25, 0.3) is 0 Å². The fraction of sp³-hybridized carbons (Fsp3) is 0.250. The standard InChI is InChI=1S/C16H19N3OS/c1-9-5-6-13(10(2)7-9)21-16-14(15(17)19-20)11(3)8-12(4)18-16/h5-8,20H,1-4H3,(H2,17,19). The van der Waals surface area contributed by atoms with E-state index in [1.54, 1.807) is 0 Å². The Morgan fingerprint density at radius 3 is 2.48 bits per heavy atom. The summed E-state index contributed by atoms with van der Waals surface area (Å²) in [7, 11) is 0. The van der Waals surface area contributed by atoms with E-state index in [2.05, 4.69) is 42.2 Å². The Hall–Kier alpha value is -2.01. The molecule has 0 saturated carbocycles. The first-order valence-corrected chi connectivity index (χ1v) is 7.45. The number of benzene rings is 1. The molecule has 0 radical (unpaired) electrons. The Kier molecular flexibility index (Phi) is 4.53. The quantitative estimate of drug-likeness (QED) is 0.393. The average molecular weight is 301 g/mol. The van der Waals surface area contributed by atoms with Gasteiger partial charge in [0.1, 0.15) is 5.03 Å². The first kappa shape index (κ1) is 15.4. The van der Waals surface area contributed by atoms with E-state index in [0.717, 1.165) is 21.2 Å². The predicted octanol–water partition coefficient (Wildman–Crippen LogP) is 3.56. The van der Waals surface area contributed by atoms with Gasteiger partial charge in [0.25, 0.3) is 0 Å². The molecule has 0 aliphatic heterocycles. The number of nitrogens with zero attached hydrogens (tertiary/aromatic N) is 2. The molecular weight excluding hydrogens is 282 g/mol. The van der Waals surface area contributed by atoms with Crippen LogP contribution in [0.15, 0.2) is 39.3 Å². The Labute approximate surface area is 129 Å². The molecule has 1 heterocycles. The van der Waals surface area contributed by atoms with Crippen molar-refractivity contribution in [2.24, 2.45) is 10.9 Å². The van der Waals surface area contributed by atoms with Gasteiger partial charge in [-0.1, -0.05) is 34.6 Å². The Morgan fingerprint density at radius 1 is 1.14 bits per heavy atom. The lowest BCUT2D eigenvalue weighted by Gasteiger charge is -2.13. The van der Waals surface area contributed by atoms with Crippen molar-refractivity contribution in [3.05, 3.63) is 52.2 Å². The van der Waals surface area contributed by atoms with Crippen LogP contribution < -0.4 is 5.73 Å². The number of oxime groups is 1. The predicted molar refractivity (Wildman–Crippen MR) is 86.3 cm³/mol. The van der Waals surface area contributed by atoms with E-state index in [9.17, 15) is 0 Å². The molecule has 110 valence electrons. The molecule has 0 bridgehead atoms. The number of hydrogen-bond donors (Lipinski definition) is 2. The molecule has 3 N–H and O–H groups in total. The van der Waals surface area contributed by atoms with Crippen molar-refractivity contribution >= 4 is 17.6 Å². The van der Waals surface area contributed by atoms with Crippen LogP contribution in [0.5, 0.6) is 0 Å². The Bertz CT molecular complexity index is 711. The third-order valence-corrected chi connectivity index (χ3v) is 4.38. The molecule has 0 spiro atoms. The number of hydrogen-bond acceptors (Lipinski definition) is 4. The second-order valence-electron chi connectivity index (χ2n) is 5.12. The third-order valence-electron chi connectivity index (χ3n) is 3.21. The highest BCUT2D eigenvalue weighted by Crippen LogP contribution is 2.33. The fourth-order valence-corrected chi connectivity index (χ4v) is 3.38. The number of pyridine rings is 1. The first-order valence-electron chi connectivity index (χ1n) is 6.63. The van der Waals surface area contributed by atoms with E-state index in [0.29, 0.717) is 5.56 Å². The monoisotopic (exact) mass is 301 g/mol. The smallest absolute Gasteiger partial charge is 0.173 e. The molecule has 0 fully saturated rings. The fourth-order valence-electron chi connectivity index (χ4n) is 2.26. The van der Waals surface area contributed by atoms with Crippen LogP contribution in [0.3, 0.4) is 0 Å². The van der Waals surface area contributed by atoms with Crippen molar-refractivity contribution < 1.29 is 5.21 Å². The molecule has 4 nitrogen and oxygen atoms in total. The Balaban J connectivity index is 2.53. The van der Waals surface area contributed by atoms with Crippen molar-refractivity contribution in [1.82, 2.24) is 4.98 Å². The summed E-state index contributed by atoms with van der Waals surface area (Å²) in [6.07, 6.45) is 0. The van der Waals surface area contributed by atoms with Gasteiger partial charge in [-0.15, -0.1) is 0 Å². The molecule has 21 heavy (non-hydrogen) atoms. The maximum atomic E-state index is 8.99. The van der Waals surface area contributed by atoms with Gasteiger partial charge >= 0.3 is 0 Å². The van der Waals surface area contributed by atoms with Crippen molar-refractivity contribution in [1.29, 1.82) is 0 Å². The van der Waals surface area contributed by atoms with Crippen molar-refractivity contribution in [2.45, 2.75) is 37.6 Å². The molecule has 0 aliphatic rings. The van der Waals surface area contributed by atoms with Gasteiger partial charge in [-0.05, 0) is 51.0 Å². The number of aromatic nitrogens is 1. The van der Waals surface area contributed by atoms with Crippen LogP contribution in [-0.4, -0.2) is 16.0 Å². The summed E-state index contributed by atoms with van der Waals surface area (Å²) in [5.74, 6) is 0.0901. The number of nitrogens with two attached hydrogens (primary N) is 1. The summed E-state index contributed by atoms with van der Waals surface area (Å²) in [6.45, 7) is 8.02.